The van der Waals surface area contributed by atoms with Crippen LogP contribution < -0.4 is 10.0 Å². The predicted octanol–water partition coefficient (Wildman–Crippen LogP) is 3.21. The quantitative estimate of drug-likeness (QED) is 0.565. The van der Waals surface area contributed by atoms with Gasteiger partial charge in [-0.3, -0.25) is 9.69 Å². The van der Waals surface area contributed by atoms with Gasteiger partial charge in [0.1, 0.15) is 0 Å². The molecule has 0 heterocycles. The summed E-state index contributed by atoms with van der Waals surface area (Å²) in [6.07, 6.45) is 0.0551. The molecule has 0 fully saturated rings. The lowest BCUT2D eigenvalue weighted by Gasteiger charge is -2.30. The normalized spacial score (nSPS) is 12.7. The monoisotopic (exact) mass is 437 g/mol. The Balaban J connectivity index is 1.89. The van der Waals surface area contributed by atoms with E-state index >= 15 is 0 Å². The largest absolute Gasteiger partial charge is 0.354 e. The zero-order valence-electron chi connectivity index (χ0n) is 16.8. The van der Waals surface area contributed by atoms with Crippen LogP contribution in [-0.2, 0) is 14.8 Å². The zero-order valence-corrected chi connectivity index (χ0v) is 18.3. The van der Waals surface area contributed by atoms with Crippen molar-refractivity contribution in [1.82, 2.24) is 14.9 Å². The number of hydrogen-bond donors (Lipinski definition) is 2. The van der Waals surface area contributed by atoms with Gasteiger partial charge in [0.15, 0.2) is 0 Å². The molecular formula is C21H28ClN3O3S. The Labute approximate surface area is 178 Å². The van der Waals surface area contributed by atoms with Crippen LogP contribution in [0, 0.1) is 0 Å². The van der Waals surface area contributed by atoms with Crippen LogP contribution in [0.3, 0.4) is 0 Å². The number of sulfonamides is 1. The summed E-state index contributed by atoms with van der Waals surface area (Å²) in [6, 6.07) is 16.1. The first-order valence-electron chi connectivity index (χ1n) is 9.68. The molecule has 1 unspecified atom stereocenters. The van der Waals surface area contributed by atoms with Crippen LogP contribution in [0.2, 0.25) is 5.02 Å². The van der Waals surface area contributed by atoms with E-state index in [2.05, 4.69) is 28.8 Å². The SMILES string of the molecule is CCN(CC)C(CNC(=O)CCNS(=O)(=O)c1cccc(Cl)c1)c1ccccc1. The van der Waals surface area contributed by atoms with E-state index in [0.29, 0.717) is 11.6 Å². The van der Waals surface area contributed by atoms with E-state index < -0.39 is 10.0 Å². The van der Waals surface area contributed by atoms with Crippen molar-refractivity contribution in [2.75, 3.05) is 26.2 Å². The number of carbonyl (C=O) groups excluding carboxylic acids is 1. The molecule has 6 nitrogen and oxygen atoms in total. The first-order valence-corrected chi connectivity index (χ1v) is 11.5. The molecular weight excluding hydrogens is 410 g/mol. The van der Waals surface area contributed by atoms with Crippen LogP contribution in [0.25, 0.3) is 0 Å². The maximum Gasteiger partial charge on any atom is 0.240 e. The van der Waals surface area contributed by atoms with E-state index in [1.54, 1.807) is 12.1 Å². The van der Waals surface area contributed by atoms with Crippen LogP contribution in [0.15, 0.2) is 59.5 Å². The molecule has 0 spiro atoms. The van der Waals surface area contributed by atoms with E-state index in [0.717, 1.165) is 18.7 Å². The molecule has 0 saturated carbocycles. The first kappa shape index (κ1) is 23.3. The van der Waals surface area contributed by atoms with Gasteiger partial charge in [-0.1, -0.05) is 61.8 Å². The molecule has 0 bridgehead atoms. The number of hydrogen-bond acceptors (Lipinski definition) is 4. The van der Waals surface area contributed by atoms with Crippen molar-refractivity contribution in [3.63, 3.8) is 0 Å². The molecule has 29 heavy (non-hydrogen) atoms. The summed E-state index contributed by atoms with van der Waals surface area (Å²) in [6.45, 7) is 6.39. The number of amides is 1. The average Bonchev–Trinajstić information content (AvgIpc) is 2.71. The highest BCUT2D eigenvalue weighted by Crippen LogP contribution is 2.19. The van der Waals surface area contributed by atoms with Crippen molar-refractivity contribution in [3.05, 3.63) is 65.2 Å². The predicted molar refractivity (Wildman–Crippen MR) is 116 cm³/mol. The highest BCUT2D eigenvalue weighted by atomic mass is 35.5. The van der Waals surface area contributed by atoms with Crippen LogP contribution in [0.5, 0.6) is 0 Å². The standard InChI is InChI=1S/C21H28ClN3O3S/c1-3-25(4-2)20(17-9-6-5-7-10-17)16-23-21(26)13-14-24-29(27,28)19-12-8-11-18(22)15-19/h5-12,15,20,24H,3-4,13-14,16H2,1-2H3,(H,23,26). The van der Waals surface area contributed by atoms with Crippen molar-refractivity contribution in [1.29, 1.82) is 0 Å². The Morgan fingerprint density at radius 1 is 1.07 bits per heavy atom. The lowest BCUT2D eigenvalue weighted by molar-refractivity contribution is -0.121. The molecule has 1 amide bonds. The number of carbonyl (C=O) groups is 1. The van der Waals surface area contributed by atoms with Crippen LogP contribution in [0.4, 0.5) is 0 Å². The van der Waals surface area contributed by atoms with Crippen molar-refractivity contribution in [2.45, 2.75) is 31.2 Å². The summed E-state index contributed by atoms with van der Waals surface area (Å²) in [4.78, 5) is 14.6. The molecule has 0 aliphatic rings. The molecule has 0 aromatic heterocycles. The topological polar surface area (TPSA) is 78.5 Å². The van der Waals surface area contributed by atoms with Crippen molar-refractivity contribution in [2.24, 2.45) is 0 Å². The number of nitrogens with one attached hydrogen (secondary N) is 2. The second kappa shape index (κ2) is 11.3. The van der Waals surface area contributed by atoms with Crippen molar-refractivity contribution >= 4 is 27.5 Å². The summed E-state index contributed by atoms with van der Waals surface area (Å²) in [5, 5.41) is 3.27. The van der Waals surface area contributed by atoms with Gasteiger partial charge in [-0.15, -0.1) is 0 Å². The minimum atomic E-state index is -3.70. The minimum absolute atomic E-state index is 0.0158. The van der Waals surface area contributed by atoms with Gasteiger partial charge in [0.05, 0.1) is 10.9 Å². The Kier molecular flexibility index (Phi) is 9.10. The Bertz CT molecular complexity index is 887. The van der Waals surface area contributed by atoms with E-state index in [1.807, 2.05) is 30.3 Å². The molecule has 2 aromatic carbocycles. The molecule has 0 radical (unpaired) electrons. The van der Waals surface area contributed by atoms with Crippen molar-refractivity contribution < 1.29 is 13.2 Å². The van der Waals surface area contributed by atoms with E-state index in [9.17, 15) is 13.2 Å². The van der Waals surface area contributed by atoms with Gasteiger partial charge in [0.2, 0.25) is 15.9 Å². The fourth-order valence-corrected chi connectivity index (χ4v) is 4.44. The van der Waals surface area contributed by atoms with Gasteiger partial charge in [0.25, 0.3) is 0 Å². The second-order valence-corrected chi connectivity index (χ2v) is 8.76. The lowest BCUT2D eigenvalue weighted by Crippen LogP contribution is -2.39. The fraction of sp³-hybridized carbons (Fsp3) is 0.381. The third kappa shape index (κ3) is 7.12. The summed E-state index contributed by atoms with van der Waals surface area (Å²) in [7, 11) is -3.70. The molecule has 2 rings (SSSR count). The summed E-state index contributed by atoms with van der Waals surface area (Å²) < 4.78 is 27.0. The Morgan fingerprint density at radius 2 is 1.76 bits per heavy atom. The van der Waals surface area contributed by atoms with Gasteiger partial charge in [-0.25, -0.2) is 13.1 Å². The highest BCUT2D eigenvalue weighted by molar-refractivity contribution is 7.89. The number of halogens is 1. The van der Waals surface area contributed by atoms with E-state index in [1.165, 1.54) is 12.1 Å². The van der Waals surface area contributed by atoms with Gasteiger partial charge in [0, 0.05) is 24.5 Å². The number of rotatable bonds is 11. The number of nitrogens with zero attached hydrogens (tertiary/aromatic N) is 1. The maximum absolute atomic E-state index is 12.3. The molecule has 2 aromatic rings. The van der Waals surface area contributed by atoms with Crippen LogP contribution in [-0.4, -0.2) is 45.4 Å². The third-order valence-corrected chi connectivity index (χ3v) is 6.37. The second-order valence-electron chi connectivity index (χ2n) is 6.56. The van der Waals surface area contributed by atoms with Crippen LogP contribution >= 0.6 is 11.6 Å². The maximum atomic E-state index is 12.3. The number of benzene rings is 2. The first-order chi connectivity index (χ1) is 13.9. The van der Waals surface area contributed by atoms with E-state index in [-0.39, 0.29) is 29.8 Å². The highest BCUT2D eigenvalue weighted by Gasteiger charge is 2.19. The van der Waals surface area contributed by atoms with Gasteiger partial charge in [-0.2, -0.15) is 0 Å². The Hall–Kier alpha value is -1.93. The van der Waals surface area contributed by atoms with Gasteiger partial charge >= 0.3 is 0 Å². The molecule has 8 heteroatoms. The molecule has 2 N–H and O–H groups in total. The van der Waals surface area contributed by atoms with E-state index in [4.69, 9.17) is 11.6 Å². The molecule has 0 aliphatic heterocycles. The summed E-state index contributed by atoms with van der Waals surface area (Å²) >= 11 is 5.85. The lowest BCUT2D eigenvalue weighted by atomic mass is 10.1. The van der Waals surface area contributed by atoms with Crippen LogP contribution in [0.1, 0.15) is 31.9 Å². The molecule has 0 aliphatic carbocycles. The zero-order chi connectivity index (χ0) is 21.3. The molecule has 1 atom stereocenters. The number of likely N-dealkylation sites (N-methyl/N-ethyl adjacent to an activating group) is 1. The molecule has 0 saturated heterocycles. The smallest absolute Gasteiger partial charge is 0.240 e. The fourth-order valence-electron chi connectivity index (χ4n) is 3.11. The minimum Gasteiger partial charge on any atom is -0.354 e. The van der Waals surface area contributed by atoms with Gasteiger partial charge < -0.3 is 5.32 Å². The molecule has 158 valence electrons. The third-order valence-electron chi connectivity index (χ3n) is 4.68. The summed E-state index contributed by atoms with van der Waals surface area (Å²) in [5.74, 6) is -0.202. The summed E-state index contributed by atoms with van der Waals surface area (Å²) in [5.41, 5.74) is 1.14. The Morgan fingerprint density at radius 3 is 2.38 bits per heavy atom. The average molecular weight is 438 g/mol. The van der Waals surface area contributed by atoms with Gasteiger partial charge in [-0.05, 0) is 36.9 Å². The van der Waals surface area contributed by atoms with Crippen molar-refractivity contribution in [3.8, 4) is 0 Å².